The smallest absolute Gasteiger partial charge is 0.336 e. The van der Waals surface area contributed by atoms with Gasteiger partial charge in [-0.05, 0) is 31.4 Å². The van der Waals surface area contributed by atoms with Crippen molar-refractivity contribution in [1.29, 1.82) is 0 Å². The number of esters is 2. The molecule has 1 saturated heterocycles. The highest BCUT2D eigenvalue weighted by molar-refractivity contribution is 5.92. The van der Waals surface area contributed by atoms with Crippen LogP contribution in [-0.2, 0) is 19.1 Å². The average molecular weight is 378 g/mol. The number of rotatable bonds is 5. The summed E-state index contributed by atoms with van der Waals surface area (Å²) in [6.45, 7) is 8.32. The molecule has 0 saturated carbocycles. The minimum Gasteiger partial charge on any atom is -0.458 e. The van der Waals surface area contributed by atoms with Gasteiger partial charge in [0.2, 0.25) is 0 Å². The highest BCUT2D eigenvalue weighted by atomic mass is 16.6. The number of hydrogen-bond acceptors (Lipinski definition) is 7. The zero-order chi connectivity index (χ0) is 20.1. The first-order chi connectivity index (χ1) is 12.8. The van der Waals surface area contributed by atoms with E-state index in [1.807, 2.05) is 13.0 Å². The monoisotopic (exact) mass is 378 g/mol. The molecule has 0 aromatic carbocycles. The van der Waals surface area contributed by atoms with Crippen LogP contribution in [0.2, 0.25) is 0 Å². The van der Waals surface area contributed by atoms with Crippen molar-refractivity contribution in [2.24, 2.45) is 5.92 Å². The van der Waals surface area contributed by atoms with E-state index in [-0.39, 0.29) is 17.8 Å². The largest absolute Gasteiger partial charge is 0.458 e. The summed E-state index contributed by atoms with van der Waals surface area (Å²) in [5, 5.41) is 28.2. The Morgan fingerprint density at radius 2 is 2.15 bits per heavy atom. The first-order valence-electron chi connectivity index (χ1n) is 8.83. The Morgan fingerprint density at radius 1 is 1.44 bits per heavy atom. The molecule has 1 heterocycles. The lowest BCUT2D eigenvalue weighted by Gasteiger charge is -2.28. The third-order valence-electron chi connectivity index (χ3n) is 4.84. The molecule has 4 atom stereocenters. The second-order valence-electron chi connectivity index (χ2n) is 6.86. The summed E-state index contributed by atoms with van der Waals surface area (Å²) >= 11 is 0. The molecule has 2 aliphatic rings. The van der Waals surface area contributed by atoms with E-state index in [2.05, 4.69) is 13.2 Å². The van der Waals surface area contributed by atoms with Crippen molar-refractivity contribution in [2.75, 3.05) is 13.2 Å². The highest BCUT2D eigenvalue weighted by Gasteiger charge is 2.44. The molecule has 0 amide bonds. The molecule has 0 radical (unpaired) electrons. The minimum absolute atomic E-state index is 0.163. The molecule has 3 N–H and O–H groups in total. The van der Waals surface area contributed by atoms with Crippen molar-refractivity contribution in [2.45, 2.75) is 44.5 Å². The second-order valence-corrected chi connectivity index (χ2v) is 6.86. The lowest BCUT2D eigenvalue weighted by Crippen LogP contribution is -2.35. The normalized spacial score (nSPS) is 27.0. The topological polar surface area (TPSA) is 113 Å². The molecule has 0 bridgehead atoms. The Balaban J connectivity index is 2.36. The van der Waals surface area contributed by atoms with Gasteiger partial charge in [-0.2, -0.15) is 0 Å². The van der Waals surface area contributed by atoms with Crippen molar-refractivity contribution >= 4 is 11.9 Å². The van der Waals surface area contributed by atoms with Crippen molar-refractivity contribution in [3.05, 3.63) is 47.6 Å². The minimum atomic E-state index is -1.42. The SMILES string of the molecule is C=C(C(=O)O[C@H]1CC(C)=CCCC(CO)=C[C@H]2OC(=O)C(=C)[C@H]12)C(O)CO. The van der Waals surface area contributed by atoms with Crippen LogP contribution in [-0.4, -0.2) is 58.8 Å². The van der Waals surface area contributed by atoms with Gasteiger partial charge >= 0.3 is 11.9 Å². The van der Waals surface area contributed by atoms with Gasteiger partial charge in [0.15, 0.2) is 0 Å². The fourth-order valence-electron chi connectivity index (χ4n) is 3.23. The summed E-state index contributed by atoms with van der Waals surface area (Å²) in [6, 6.07) is 0. The summed E-state index contributed by atoms with van der Waals surface area (Å²) in [5.74, 6) is -2.05. The standard InChI is InChI=1S/C20H26O7/c1-11-5-4-6-14(9-21)8-17-18(13(3)20(25)27-17)16(7-11)26-19(24)12(2)15(23)10-22/h5,8,15-18,21-23H,2-4,6-7,9-10H2,1H3/t15?,16-,17+,18+/m0/s1. The summed E-state index contributed by atoms with van der Waals surface area (Å²) in [5.41, 5.74) is 1.60. The van der Waals surface area contributed by atoms with Gasteiger partial charge in [-0.3, -0.25) is 0 Å². The van der Waals surface area contributed by atoms with Crippen LogP contribution in [0.5, 0.6) is 0 Å². The summed E-state index contributed by atoms with van der Waals surface area (Å²) in [6.07, 6.45) is 2.46. The molecule has 1 aliphatic carbocycles. The van der Waals surface area contributed by atoms with Gasteiger partial charge in [0, 0.05) is 12.0 Å². The van der Waals surface area contributed by atoms with E-state index >= 15 is 0 Å². The number of fused-ring (bicyclic) bond motifs is 1. The summed E-state index contributed by atoms with van der Waals surface area (Å²) in [4.78, 5) is 24.4. The zero-order valence-corrected chi connectivity index (χ0v) is 15.4. The predicted octanol–water partition coefficient (Wildman–Crippen LogP) is 0.954. The Hall–Kier alpha value is -2.22. The zero-order valence-electron chi connectivity index (χ0n) is 15.4. The van der Waals surface area contributed by atoms with E-state index in [0.717, 1.165) is 11.1 Å². The predicted molar refractivity (Wildman–Crippen MR) is 97.4 cm³/mol. The Labute approximate surface area is 158 Å². The van der Waals surface area contributed by atoms with Gasteiger partial charge in [0.25, 0.3) is 0 Å². The average Bonchev–Trinajstić information content (AvgIpc) is 2.92. The first kappa shape index (κ1) is 21.1. The fraction of sp³-hybridized carbons (Fsp3) is 0.500. The molecule has 0 aromatic rings. The van der Waals surface area contributed by atoms with Crippen LogP contribution in [0.25, 0.3) is 0 Å². The maximum atomic E-state index is 12.3. The molecule has 0 aromatic heterocycles. The third kappa shape index (κ3) is 4.94. The summed E-state index contributed by atoms with van der Waals surface area (Å²) < 4.78 is 10.9. The highest BCUT2D eigenvalue weighted by Crippen LogP contribution is 2.36. The third-order valence-corrected chi connectivity index (χ3v) is 4.84. The lowest BCUT2D eigenvalue weighted by atomic mass is 9.85. The van der Waals surface area contributed by atoms with Gasteiger partial charge in [-0.1, -0.05) is 24.8 Å². The molecule has 1 aliphatic heterocycles. The molecule has 148 valence electrons. The quantitative estimate of drug-likeness (QED) is 0.371. The maximum absolute atomic E-state index is 12.3. The molecule has 2 rings (SSSR count). The van der Waals surface area contributed by atoms with Crippen molar-refractivity contribution in [1.82, 2.24) is 0 Å². The summed E-state index contributed by atoms with van der Waals surface area (Å²) in [7, 11) is 0. The molecular weight excluding hydrogens is 352 g/mol. The van der Waals surface area contributed by atoms with Crippen LogP contribution in [0.4, 0.5) is 0 Å². The Bertz CT molecular complexity index is 688. The second kappa shape index (κ2) is 9.12. The van der Waals surface area contributed by atoms with E-state index in [9.17, 15) is 19.8 Å². The molecule has 0 spiro atoms. The van der Waals surface area contributed by atoms with E-state index < -0.39 is 42.8 Å². The molecule has 27 heavy (non-hydrogen) atoms. The van der Waals surface area contributed by atoms with Crippen LogP contribution in [0.1, 0.15) is 26.2 Å². The number of hydrogen-bond donors (Lipinski definition) is 3. The molecule has 1 unspecified atom stereocenters. The van der Waals surface area contributed by atoms with Gasteiger partial charge in [-0.15, -0.1) is 0 Å². The lowest BCUT2D eigenvalue weighted by molar-refractivity contribution is -0.148. The van der Waals surface area contributed by atoms with Crippen molar-refractivity contribution < 1.29 is 34.4 Å². The molecule has 7 heteroatoms. The Kier molecular flexibility index (Phi) is 7.12. The Morgan fingerprint density at radius 3 is 2.78 bits per heavy atom. The van der Waals surface area contributed by atoms with Crippen molar-refractivity contribution in [3.8, 4) is 0 Å². The van der Waals surface area contributed by atoms with Crippen LogP contribution in [0, 0.1) is 5.92 Å². The van der Waals surface area contributed by atoms with Crippen LogP contribution >= 0.6 is 0 Å². The van der Waals surface area contributed by atoms with Gasteiger partial charge in [0.05, 0.1) is 24.7 Å². The number of carbonyl (C=O) groups is 2. The van der Waals surface area contributed by atoms with Crippen LogP contribution < -0.4 is 0 Å². The fourth-order valence-corrected chi connectivity index (χ4v) is 3.23. The maximum Gasteiger partial charge on any atom is 0.336 e. The first-order valence-corrected chi connectivity index (χ1v) is 8.83. The molecular formula is C20H26O7. The van der Waals surface area contributed by atoms with Crippen molar-refractivity contribution in [3.63, 3.8) is 0 Å². The van der Waals surface area contributed by atoms with Gasteiger partial charge in [-0.25, -0.2) is 9.59 Å². The van der Waals surface area contributed by atoms with E-state index in [1.165, 1.54) is 0 Å². The van der Waals surface area contributed by atoms with Crippen LogP contribution in [0.15, 0.2) is 47.6 Å². The molecule has 7 nitrogen and oxygen atoms in total. The number of carbonyl (C=O) groups excluding carboxylic acids is 2. The van der Waals surface area contributed by atoms with Gasteiger partial charge in [0.1, 0.15) is 18.3 Å². The van der Waals surface area contributed by atoms with E-state index in [0.29, 0.717) is 19.3 Å². The van der Waals surface area contributed by atoms with E-state index in [4.69, 9.17) is 14.6 Å². The number of ether oxygens (including phenoxy) is 2. The van der Waals surface area contributed by atoms with Crippen LogP contribution in [0.3, 0.4) is 0 Å². The number of allylic oxidation sites excluding steroid dienone is 1. The van der Waals surface area contributed by atoms with E-state index in [1.54, 1.807) is 6.08 Å². The van der Waals surface area contributed by atoms with Gasteiger partial charge < -0.3 is 24.8 Å². The number of aliphatic hydroxyl groups is 3. The number of aliphatic hydroxyl groups excluding tert-OH is 3. The molecule has 1 fully saturated rings.